The zero-order valence-corrected chi connectivity index (χ0v) is 14.7. The van der Waals surface area contributed by atoms with E-state index in [9.17, 15) is 5.11 Å². The molecular weight excluding hydrogens is 332 g/mol. The summed E-state index contributed by atoms with van der Waals surface area (Å²) < 4.78 is 8.85. The molecule has 26 heavy (non-hydrogen) atoms. The minimum Gasteiger partial charge on any atom is -0.467 e. The Kier molecular flexibility index (Phi) is 3.89. The lowest BCUT2D eigenvalue weighted by Crippen LogP contribution is -2.01. The zero-order chi connectivity index (χ0) is 18.3. The van der Waals surface area contributed by atoms with Crippen molar-refractivity contribution in [2.75, 3.05) is 7.11 Å². The van der Waals surface area contributed by atoms with Crippen molar-refractivity contribution in [2.45, 2.75) is 13.0 Å². The molecule has 3 aromatic heterocycles. The summed E-state index contributed by atoms with van der Waals surface area (Å²) in [6, 6.07) is 6.26. The van der Waals surface area contributed by atoms with Gasteiger partial charge in [0, 0.05) is 37.5 Å². The molecular formula is C18H18N6O2. The van der Waals surface area contributed by atoms with Crippen LogP contribution in [0.15, 0.2) is 43.0 Å². The zero-order valence-electron chi connectivity index (χ0n) is 14.7. The van der Waals surface area contributed by atoms with E-state index in [0.717, 1.165) is 28.1 Å². The Morgan fingerprint density at radius 3 is 2.62 bits per heavy atom. The van der Waals surface area contributed by atoms with E-state index < -0.39 is 6.10 Å². The van der Waals surface area contributed by atoms with E-state index in [-0.39, 0.29) is 0 Å². The van der Waals surface area contributed by atoms with Gasteiger partial charge in [0.15, 0.2) is 0 Å². The average molecular weight is 350 g/mol. The molecule has 3 heterocycles. The maximum Gasteiger partial charge on any atom is 0.316 e. The van der Waals surface area contributed by atoms with Crippen molar-refractivity contribution >= 4 is 11.0 Å². The average Bonchev–Trinajstić information content (AvgIpc) is 3.26. The van der Waals surface area contributed by atoms with Gasteiger partial charge in [-0.25, -0.2) is 19.9 Å². The number of fused-ring (bicyclic) bond motifs is 1. The number of hydrogen-bond acceptors (Lipinski definition) is 6. The van der Waals surface area contributed by atoms with Gasteiger partial charge in [0.25, 0.3) is 0 Å². The Morgan fingerprint density at radius 2 is 1.92 bits per heavy atom. The van der Waals surface area contributed by atoms with Crippen LogP contribution >= 0.6 is 0 Å². The molecule has 0 spiro atoms. The van der Waals surface area contributed by atoms with Crippen LogP contribution < -0.4 is 4.74 Å². The second-order valence-electron chi connectivity index (χ2n) is 5.96. The van der Waals surface area contributed by atoms with E-state index in [4.69, 9.17) is 4.74 Å². The molecule has 0 aliphatic heterocycles. The minimum atomic E-state index is -0.629. The van der Waals surface area contributed by atoms with Crippen LogP contribution in [0, 0.1) is 0 Å². The van der Waals surface area contributed by atoms with Gasteiger partial charge >= 0.3 is 6.01 Å². The second kappa shape index (κ2) is 6.23. The van der Waals surface area contributed by atoms with Crippen molar-refractivity contribution in [1.29, 1.82) is 0 Å². The number of imidazole rings is 2. The Hall–Kier alpha value is -3.26. The Balaban J connectivity index is 1.80. The summed E-state index contributed by atoms with van der Waals surface area (Å²) in [7, 11) is 3.42. The molecule has 0 radical (unpaired) electrons. The lowest BCUT2D eigenvalue weighted by Gasteiger charge is -2.08. The van der Waals surface area contributed by atoms with E-state index in [2.05, 4.69) is 19.9 Å². The van der Waals surface area contributed by atoms with Gasteiger partial charge in [0.1, 0.15) is 17.8 Å². The third-order valence-electron chi connectivity index (χ3n) is 4.26. The first-order valence-corrected chi connectivity index (χ1v) is 8.13. The van der Waals surface area contributed by atoms with Gasteiger partial charge in [-0.2, -0.15) is 0 Å². The molecule has 4 aromatic rings. The van der Waals surface area contributed by atoms with E-state index >= 15 is 0 Å². The smallest absolute Gasteiger partial charge is 0.316 e. The number of aliphatic hydroxyl groups is 1. The van der Waals surface area contributed by atoms with Gasteiger partial charge in [0.2, 0.25) is 0 Å². The van der Waals surface area contributed by atoms with Crippen molar-refractivity contribution in [3.05, 3.63) is 48.8 Å². The number of nitrogens with zero attached hydrogens (tertiary/aromatic N) is 6. The number of aliphatic hydroxyl groups excluding tert-OH is 1. The van der Waals surface area contributed by atoms with Crippen molar-refractivity contribution in [1.82, 2.24) is 29.1 Å². The Labute approximate surface area is 149 Å². The highest BCUT2D eigenvalue weighted by atomic mass is 16.5. The van der Waals surface area contributed by atoms with Gasteiger partial charge in [-0.15, -0.1) is 0 Å². The number of aromatic nitrogens is 6. The van der Waals surface area contributed by atoms with Crippen LogP contribution in [-0.4, -0.2) is 41.3 Å². The number of ether oxygens (including phenoxy) is 1. The van der Waals surface area contributed by atoms with Gasteiger partial charge in [-0.1, -0.05) is 0 Å². The van der Waals surface area contributed by atoms with Gasteiger partial charge in [-0.3, -0.25) is 4.57 Å². The van der Waals surface area contributed by atoms with Gasteiger partial charge in [0.05, 0.1) is 23.7 Å². The molecule has 0 aliphatic carbocycles. The molecule has 1 N–H and O–H groups in total. The fourth-order valence-electron chi connectivity index (χ4n) is 2.99. The van der Waals surface area contributed by atoms with Crippen molar-refractivity contribution < 1.29 is 9.84 Å². The second-order valence-corrected chi connectivity index (χ2v) is 5.96. The van der Waals surface area contributed by atoms with Crippen LogP contribution in [0.1, 0.15) is 18.9 Å². The standard InChI is InChI=1S/C18H18N6O2/c1-11(25)16-22-14-8-13(4-5-15(14)23(16)2)24-7-6-19-17(24)12-9-20-18(26-3)21-10-12/h4-11,25H,1-3H3. The summed E-state index contributed by atoms with van der Waals surface area (Å²) in [4.78, 5) is 17.3. The molecule has 8 heteroatoms. The first-order valence-electron chi connectivity index (χ1n) is 8.13. The van der Waals surface area contributed by atoms with Crippen LogP contribution in [0.5, 0.6) is 6.01 Å². The largest absolute Gasteiger partial charge is 0.467 e. The lowest BCUT2D eigenvalue weighted by atomic mass is 10.2. The third-order valence-corrected chi connectivity index (χ3v) is 4.26. The maximum absolute atomic E-state index is 9.87. The number of rotatable bonds is 4. The van der Waals surface area contributed by atoms with E-state index in [1.807, 2.05) is 40.6 Å². The number of methoxy groups -OCH3 is 1. The molecule has 0 saturated carbocycles. The minimum absolute atomic E-state index is 0.312. The van der Waals surface area contributed by atoms with Gasteiger partial charge < -0.3 is 14.4 Å². The Bertz CT molecular complexity index is 1070. The fourth-order valence-corrected chi connectivity index (χ4v) is 2.99. The molecule has 0 amide bonds. The molecule has 0 bridgehead atoms. The highest BCUT2D eigenvalue weighted by Crippen LogP contribution is 2.25. The summed E-state index contributed by atoms with van der Waals surface area (Å²) in [6.07, 6.45) is 6.32. The van der Waals surface area contributed by atoms with Crippen LogP contribution in [0.2, 0.25) is 0 Å². The summed E-state index contributed by atoms with van der Waals surface area (Å²) >= 11 is 0. The number of benzene rings is 1. The van der Waals surface area contributed by atoms with Crippen molar-refractivity contribution in [2.24, 2.45) is 7.05 Å². The summed E-state index contributed by atoms with van der Waals surface area (Å²) in [5.41, 5.74) is 3.46. The highest BCUT2D eigenvalue weighted by Gasteiger charge is 2.14. The first kappa shape index (κ1) is 16.2. The summed E-state index contributed by atoms with van der Waals surface area (Å²) in [5.74, 6) is 1.35. The van der Waals surface area contributed by atoms with Crippen LogP contribution in [0.25, 0.3) is 28.1 Å². The van der Waals surface area contributed by atoms with Gasteiger partial charge in [-0.05, 0) is 25.1 Å². The summed E-state index contributed by atoms with van der Waals surface area (Å²) in [5, 5.41) is 9.87. The van der Waals surface area contributed by atoms with Crippen LogP contribution in [0.3, 0.4) is 0 Å². The predicted molar refractivity (Wildman–Crippen MR) is 96.0 cm³/mol. The molecule has 1 unspecified atom stereocenters. The fraction of sp³-hybridized carbons (Fsp3) is 0.222. The molecule has 0 aliphatic rings. The molecule has 0 fully saturated rings. The number of hydrogen-bond donors (Lipinski definition) is 1. The quantitative estimate of drug-likeness (QED) is 0.607. The maximum atomic E-state index is 9.87. The third kappa shape index (κ3) is 2.60. The lowest BCUT2D eigenvalue weighted by molar-refractivity contribution is 0.186. The molecule has 132 valence electrons. The highest BCUT2D eigenvalue weighted by molar-refractivity contribution is 5.79. The molecule has 1 atom stereocenters. The van der Waals surface area contributed by atoms with Crippen molar-refractivity contribution in [3.63, 3.8) is 0 Å². The molecule has 1 aromatic carbocycles. The summed E-state index contributed by atoms with van der Waals surface area (Å²) in [6.45, 7) is 1.71. The normalized spacial score (nSPS) is 12.5. The number of aryl methyl sites for hydroxylation is 1. The van der Waals surface area contributed by atoms with Crippen molar-refractivity contribution in [3.8, 4) is 23.1 Å². The predicted octanol–water partition coefficient (Wildman–Crippen LogP) is 2.28. The van der Waals surface area contributed by atoms with E-state index in [0.29, 0.717) is 11.8 Å². The van der Waals surface area contributed by atoms with E-state index in [1.165, 1.54) is 7.11 Å². The molecule has 8 nitrogen and oxygen atoms in total. The Morgan fingerprint density at radius 1 is 1.15 bits per heavy atom. The molecule has 4 rings (SSSR count). The molecule has 0 saturated heterocycles. The van der Waals surface area contributed by atoms with Crippen LogP contribution in [0.4, 0.5) is 0 Å². The van der Waals surface area contributed by atoms with Crippen LogP contribution in [-0.2, 0) is 7.05 Å². The first-order chi connectivity index (χ1) is 12.6. The SMILES string of the molecule is COc1ncc(-c2nccn2-c2ccc3c(c2)nc(C(C)O)n3C)cn1. The van der Waals surface area contributed by atoms with E-state index in [1.54, 1.807) is 25.5 Å². The topological polar surface area (TPSA) is 90.9 Å². The monoisotopic (exact) mass is 350 g/mol.